The van der Waals surface area contributed by atoms with Crippen LogP contribution in [-0.2, 0) is 23.6 Å². The Balaban J connectivity index is 1.98. The van der Waals surface area contributed by atoms with Crippen molar-refractivity contribution < 1.29 is 32.9 Å². The van der Waals surface area contributed by atoms with Crippen molar-refractivity contribution in [3.63, 3.8) is 0 Å². The van der Waals surface area contributed by atoms with E-state index in [0.29, 0.717) is 24.9 Å². The molecule has 10 nitrogen and oxygen atoms in total. The number of esters is 1. The fourth-order valence-corrected chi connectivity index (χ4v) is 4.14. The van der Waals surface area contributed by atoms with Crippen molar-refractivity contribution in [2.45, 2.75) is 58.1 Å². The Hall–Kier alpha value is -2.52. The standard InChI is InChI=1S/C22H32N3O7P/c1-16(2)30-21(27)17(3)24-33(32-18-9-6-5-7-10-18)29-15-19-11-12-20(31-19)25(13-8-14-26)22(28)23-4/h5-10,13-14,16-17,19-20,24H,11-12,15H2,1-4H3,(H,23,28)/b13-8-. The van der Waals surface area contributed by atoms with E-state index in [-0.39, 0.29) is 24.8 Å². The second-order valence-electron chi connectivity index (χ2n) is 7.52. The summed E-state index contributed by atoms with van der Waals surface area (Å²) < 4.78 is 23.1. The average molecular weight is 481 g/mol. The zero-order chi connectivity index (χ0) is 24.2. The van der Waals surface area contributed by atoms with Crippen molar-refractivity contribution in [2.24, 2.45) is 0 Å². The second kappa shape index (κ2) is 13.9. The van der Waals surface area contributed by atoms with Crippen LogP contribution in [0.25, 0.3) is 0 Å². The Labute approximate surface area is 195 Å². The number of ether oxygens (including phenoxy) is 2. The van der Waals surface area contributed by atoms with Gasteiger partial charge in [0.05, 0.1) is 18.8 Å². The fourth-order valence-electron chi connectivity index (χ4n) is 2.93. The SMILES string of the molecule is CNC(=O)N(/C=C\C=O)C1CCC(COP(NC(C)C(=O)OC(C)C)Oc2ccccc2)O1. The predicted octanol–water partition coefficient (Wildman–Crippen LogP) is 3.10. The molecule has 2 amide bonds. The molecule has 2 rings (SSSR count). The van der Waals surface area contributed by atoms with Crippen molar-refractivity contribution >= 4 is 26.8 Å². The van der Waals surface area contributed by atoms with E-state index in [9.17, 15) is 14.4 Å². The largest absolute Gasteiger partial charge is 0.462 e. The highest BCUT2D eigenvalue weighted by molar-refractivity contribution is 7.45. The van der Waals surface area contributed by atoms with Crippen molar-refractivity contribution in [3.05, 3.63) is 42.6 Å². The molecule has 0 aromatic heterocycles. The summed E-state index contributed by atoms with van der Waals surface area (Å²) in [4.78, 5) is 36.3. The van der Waals surface area contributed by atoms with Gasteiger partial charge in [-0.15, -0.1) is 0 Å². The number of hydrogen-bond donors (Lipinski definition) is 2. The molecule has 1 heterocycles. The topological polar surface area (TPSA) is 115 Å². The van der Waals surface area contributed by atoms with Crippen LogP contribution in [0, 0.1) is 0 Å². The average Bonchev–Trinajstić information content (AvgIpc) is 3.26. The molecule has 0 spiro atoms. The van der Waals surface area contributed by atoms with Crippen LogP contribution >= 0.6 is 8.53 Å². The molecule has 182 valence electrons. The van der Waals surface area contributed by atoms with Gasteiger partial charge in [0.25, 0.3) is 0 Å². The number of para-hydroxylation sites is 1. The van der Waals surface area contributed by atoms with Crippen LogP contribution in [0.3, 0.4) is 0 Å². The molecule has 1 fully saturated rings. The molecule has 0 radical (unpaired) electrons. The van der Waals surface area contributed by atoms with Gasteiger partial charge in [0.2, 0.25) is 0 Å². The number of allylic oxidation sites excluding steroid dienone is 1. The third-order valence-corrected chi connectivity index (χ3v) is 5.84. The van der Waals surface area contributed by atoms with Gasteiger partial charge >= 0.3 is 20.5 Å². The van der Waals surface area contributed by atoms with E-state index in [0.717, 1.165) is 0 Å². The maximum absolute atomic E-state index is 12.2. The molecule has 0 saturated carbocycles. The molecule has 1 saturated heterocycles. The number of benzene rings is 1. The fraction of sp³-hybridized carbons (Fsp3) is 0.500. The summed E-state index contributed by atoms with van der Waals surface area (Å²) in [5.74, 6) is 0.189. The third kappa shape index (κ3) is 9.09. The molecule has 4 unspecified atom stereocenters. The van der Waals surface area contributed by atoms with Gasteiger partial charge in [0.15, 0.2) is 0 Å². The first-order valence-corrected chi connectivity index (χ1v) is 11.9. The van der Waals surface area contributed by atoms with Crippen LogP contribution < -0.4 is 14.9 Å². The number of nitrogens with zero attached hydrogens (tertiary/aromatic N) is 1. The highest BCUT2D eigenvalue weighted by atomic mass is 31.2. The number of aldehydes is 1. The summed E-state index contributed by atoms with van der Waals surface area (Å²) in [5, 5.41) is 5.58. The van der Waals surface area contributed by atoms with Gasteiger partial charge < -0.3 is 23.8 Å². The zero-order valence-electron chi connectivity index (χ0n) is 19.3. The highest BCUT2D eigenvalue weighted by Crippen LogP contribution is 2.37. The molecule has 1 aromatic rings. The lowest BCUT2D eigenvalue weighted by Crippen LogP contribution is -2.41. The predicted molar refractivity (Wildman–Crippen MR) is 123 cm³/mol. The maximum Gasteiger partial charge on any atom is 0.323 e. The third-order valence-electron chi connectivity index (χ3n) is 4.48. The number of urea groups is 1. The van der Waals surface area contributed by atoms with Crippen LogP contribution in [0.15, 0.2) is 42.6 Å². The van der Waals surface area contributed by atoms with Gasteiger partial charge in [-0.1, -0.05) is 18.2 Å². The van der Waals surface area contributed by atoms with Gasteiger partial charge in [0.1, 0.15) is 24.3 Å². The van der Waals surface area contributed by atoms with E-state index in [1.54, 1.807) is 32.9 Å². The van der Waals surface area contributed by atoms with Crippen molar-refractivity contribution in [1.29, 1.82) is 0 Å². The Morgan fingerprint density at radius 1 is 1.24 bits per heavy atom. The van der Waals surface area contributed by atoms with E-state index in [4.69, 9.17) is 18.5 Å². The first-order chi connectivity index (χ1) is 15.8. The molecule has 0 aliphatic carbocycles. The van der Waals surface area contributed by atoms with Crippen molar-refractivity contribution in [3.8, 4) is 5.75 Å². The molecular formula is C22H32N3O7P. The molecule has 33 heavy (non-hydrogen) atoms. The van der Waals surface area contributed by atoms with E-state index in [1.165, 1.54) is 24.2 Å². The van der Waals surface area contributed by atoms with Crippen LogP contribution in [0.2, 0.25) is 0 Å². The monoisotopic (exact) mass is 481 g/mol. The summed E-state index contributed by atoms with van der Waals surface area (Å²) in [5.41, 5.74) is 0. The first kappa shape index (κ1) is 26.7. The second-order valence-corrected chi connectivity index (χ2v) is 8.74. The lowest BCUT2D eigenvalue weighted by atomic mass is 10.2. The van der Waals surface area contributed by atoms with Crippen molar-refractivity contribution in [1.82, 2.24) is 15.3 Å². The molecule has 4 atom stereocenters. The number of nitrogens with one attached hydrogen (secondary N) is 2. The van der Waals surface area contributed by atoms with E-state index in [2.05, 4.69) is 10.4 Å². The number of carbonyl (C=O) groups excluding carboxylic acids is 3. The summed E-state index contributed by atoms with van der Waals surface area (Å²) >= 11 is 0. The van der Waals surface area contributed by atoms with Crippen molar-refractivity contribution in [2.75, 3.05) is 13.7 Å². The number of rotatable bonds is 12. The Morgan fingerprint density at radius 2 is 1.97 bits per heavy atom. The van der Waals surface area contributed by atoms with E-state index >= 15 is 0 Å². The molecule has 2 N–H and O–H groups in total. The quantitative estimate of drug-likeness (QED) is 0.203. The normalized spacial score (nSPS) is 19.8. The molecular weight excluding hydrogens is 449 g/mol. The number of hydrogen-bond acceptors (Lipinski definition) is 8. The van der Waals surface area contributed by atoms with Gasteiger partial charge in [-0.3, -0.25) is 14.5 Å². The van der Waals surface area contributed by atoms with Crippen LogP contribution in [0.1, 0.15) is 33.6 Å². The summed E-state index contributed by atoms with van der Waals surface area (Å²) in [6.07, 6.45) is 3.38. The molecule has 0 bridgehead atoms. The molecule has 1 aliphatic rings. The minimum Gasteiger partial charge on any atom is -0.462 e. The lowest BCUT2D eigenvalue weighted by molar-refractivity contribution is -0.149. The van der Waals surface area contributed by atoms with Crippen LogP contribution in [-0.4, -0.2) is 61.3 Å². The Kier molecular flexibility index (Phi) is 11.3. The van der Waals surface area contributed by atoms with E-state index < -0.39 is 26.8 Å². The summed E-state index contributed by atoms with van der Waals surface area (Å²) in [6.45, 7) is 5.43. The zero-order valence-corrected chi connectivity index (χ0v) is 20.2. The number of amides is 2. The number of carbonyl (C=O) groups is 3. The van der Waals surface area contributed by atoms with E-state index in [1.807, 2.05) is 18.2 Å². The van der Waals surface area contributed by atoms with Gasteiger partial charge in [-0.2, -0.15) is 0 Å². The molecule has 1 aromatic carbocycles. The maximum atomic E-state index is 12.2. The molecule has 11 heteroatoms. The summed E-state index contributed by atoms with van der Waals surface area (Å²) in [6, 6.07) is 8.11. The highest BCUT2D eigenvalue weighted by Gasteiger charge is 2.33. The smallest absolute Gasteiger partial charge is 0.323 e. The van der Waals surface area contributed by atoms with Gasteiger partial charge in [-0.25, -0.2) is 9.88 Å². The minimum atomic E-state index is -1.69. The lowest BCUT2D eigenvalue weighted by Gasteiger charge is -2.26. The molecule has 1 aliphatic heterocycles. The van der Waals surface area contributed by atoms with Gasteiger partial charge in [-0.05, 0) is 51.8 Å². The Bertz CT molecular complexity index is 793. The first-order valence-electron chi connectivity index (χ1n) is 10.7. The van der Waals surface area contributed by atoms with Gasteiger partial charge in [0, 0.05) is 13.2 Å². The minimum absolute atomic E-state index is 0.187. The summed E-state index contributed by atoms with van der Waals surface area (Å²) in [7, 11) is -0.184. The van der Waals surface area contributed by atoms with Crippen LogP contribution in [0.5, 0.6) is 5.75 Å². The Morgan fingerprint density at radius 3 is 2.61 bits per heavy atom. The van der Waals surface area contributed by atoms with Crippen LogP contribution in [0.4, 0.5) is 4.79 Å².